The minimum Gasteiger partial charge on any atom is -0.371 e. The zero-order valence-corrected chi connectivity index (χ0v) is 9.25. The van der Waals surface area contributed by atoms with Crippen LogP contribution in [0, 0.1) is 0 Å². The van der Waals surface area contributed by atoms with Gasteiger partial charge in [0.25, 0.3) is 0 Å². The molecule has 8 nitrogen and oxygen atoms in total. The molecule has 0 saturated heterocycles. The van der Waals surface area contributed by atoms with E-state index in [1.807, 2.05) is 0 Å². The molecule has 8 heteroatoms. The zero-order chi connectivity index (χ0) is 11.9. The van der Waals surface area contributed by atoms with Crippen LogP contribution >= 0.6 is 0 Å². The summed E-state index contributed by atoms with van der Waals surface area (Å²) in [5.41, 5.74) is 0. The van der Waals surface area contributed by atoms with Crippen LogP contribution in [-0.4, -0.2) is 59.8 Å². The lowest BCUT2D eigenvalue weighted by Gasteiger charge is -2.07. The van der Waals surface area contributed by atoms with E-state index in [2.05, 4.69) is 9.47 Å². The van der Waals surface area contributed by atoms with E-state index in [1.165, 1.54) is 7.11 Å². The summed E-state index contributed by atoms with van der Waals surface area (Å²) in [6, 6.07) is 0. The molecule has 0 spiro atoms. The summed E-state index contributed by atoms with van der Waals surface area (Å²) in [6.45, 7) is -0.0476. The van der Waals surface area contributed by atoms with Crippen LogP contribution in [0.15, 0.2) is 0 Å². The number of aliphatic hydroxyl groups is 1. The van der Waals surface area contributed by atoms with Gasteiger partial charge in [0.15, 0.2) is 34.0 Å². The van der Waals surface area contributed by atoms with Crippen LogP contribution in [-0.2, 0) is 33.2 Å². The molecule has 0 saturated carbocycles. The Bertz CT molecular complexity index is 109. The van der Waals surface area contributed by atoms with Crippen LogP contribution in [0.1, 0.15) is 0 Å². The quantitative estimate of drug-likeness (QED) is 0.339. The Balaban J connectivity index is 2.83. The van der Waals surface area contributed by atoms with Crippen molar-refractivity contribution in [2.75, 3.05) is 54.7 Å². The SMILES string of the molecule is COCOCOCOCOCOCOCO. The molecule has 0 heterocycles. The molecule has 0 aromatic carbocycles. The van der Waals surface area contributed by atoms with E-state index in [0.29, 0.717) is 0 Å². The van der Waals surface area contributed by atoms with E-state index in [9.17, 15) is 0 Å². The van der Waals surface area contributed by atoms with Gasteiger partial charge in [0.05, 0.1) is 0 Å². The molecule has 98 valence electrons. The number of hydrogen-bond acceptors (Lipinski definition) is 8. The van der Waals surface area contributed by atoms with Gasteiger partial charge in [0, 0.05) is 7.11 Å². The van der Waals surface area contributed by atoms with Gasteiger partial charge in [-0.25, -0.2) is 0 Å². The average molecular weight is 242 g/mol. The fourth-order valence-corrected chi connectivity index (χ4v) is 0.585. The molecular weight excluding hydrogens is 224 g/mol. The standard InChI is InChI=1S/C8H18O8/c1-10-3-12-5-14-7-16-8-15-6-13-4-11-2-9/h9H,2-8H2,1H3. The predicted molar refractivity (Wildman–Crippen MR) is 49.8 cm³/mol. The Labute approximate surface area is 93.9 Å². The van der Waals surface area contributed by atoms with Gasteiger partial charge in [-0.05, 0) is 0 Å². The molecule has 0 atom stereocenters. The number of methoxy groups -OCH3 is 1. The Morgan fingerprint density at radius 1 is 0.625 bits per heavy atom. The van der Waals surface area contributed by atoms with Gasteiger partial charge in [-0.1, -0.05) is 0 Å². The molecule has 0 aromatic rings. The van der Waals surface area contributed by atoms with Crippen molar-refractivity contribution in [2.45, 2.75) is 0 Å². The third kappa shape index (κ3) is 13.7. The number of ether oxygens (including phenoxy) is 7. The van der Waals surface area contributed by atoms with E-state index in [1.54, 1.807) is 0 Å². The molecule has 0 radical (unpaired) electrons. The second-order valence-corrected chi connectivity index (χ2v) is 2.35. The Kier molecular flexibility index (Phi) is 14.4. The summed E-state index contributed by atoms with van der Waals surface area (Å²) in [5, 5.41) is 8.22. The maximum atomic E-state index is 8.22. The maximum absolute atomic E-state index is 8.22. The van der Waals surface area contributed by atoms with Crippen LogP contribution in [0.4, 0.5) is 0 Å². The summed E-state index contributed by atoms with van der Waals surface area (Å²) < 4.78 is 33.3. The smallest absolute Gasteiger partial charge is 0.152 e. The highest BCUT2D eigenvalue weighted by Crippen LogP contribution is 1.84. The topological polar surface area (TPSA) is 84.8 Å². The van der Waals surface area contributed by atoms with E-state index in [-0.39, 0.29) is 47.6 Å². The fraction of sp³-hybridized carbons (Fsp3) is 1.00. The summed E-state index contributed by atoms with van der Waals surface area (Å²) in [6.07, 6.45) is 0. The van der Waals surface area contributed by atoms with E-state index in [4.69, 9.17) is 28.8 Å². The molecule has 0 aromatic heterocycles. The molecule has 0 amide bonds. The highest BCUT2D eigenvalue weighted by atomic mass is 16.8. The minimum atomic E-state index is -0.383. The van der Waals surface area contributed by atoms with E-state index < -0.39 is 0 Å². The number of hydrogen-bond donors (Lipinski definition) is 1. The second kappa shape index (κ2) is 14.7. The number of rotatable bonds is 13. The van der Waals surface area contributed by atoms with Crippen molar-refractivity contribution in [1.29, 1.82) is 0 Å². The Morgan fingerprint density at radius 3 is 1.38 bits per heavy atom. The van der Waals surface area contributed by atoms with Crippen molar-refractivity contribution in [3.63, 3.8) is 0 Å². The molecule has 16 heavy (non-hydrogen) atoms. The first-order valence-electron chi connectivity index (χ1n) is 4.48. The summed E-state index contributed by atoms with van der Waals surface area (Å²) >= 11 is 0. The maximum Gasteiger partial charge on any atom is 0.152 e. The molecule has 0 fully saturated rings. The van der Waals surface area contributed by atoms with Crippen LogP contribution < -0.4 is 0 Å². The van der Waals surface area contributed by atoms with Crippen molar-refractivity contribution in [1.82, 2.24) is 0 Å². The first-order valence-corrected chi connectivity index (χ1v) is 4.48. The van der Waals surface area contributed by atoms with Gasteiger partial charge in [0.1, 0.15) is 13.6 Å². The first kappa shape index (κ1) is 15.7. The highest BCUT2D eigenvalue weighted by molar-refractivity contribution is 4.06. The molecule has 0 unspecified atom stereocenters. The highest BCUT2D eigenvalue weighted by Gasteiger charge is 1.90. The van der Waals surface area contributed by atoms with Gasteiger partial charge in [-0.15, -0.1) is 0 Å². The minimum absolute atomic E-state index is 0.0141. The molecule has 0 bridgehead atoms. The lowest BCUT2D eigenvalue weighted by molar-refractivity contribution is -0.217. The van der Waals surface area contributed by atoms with Crippen LogP contribution in [0.5, 0.6) is 0 Å². The van der Waals surface area contributed by atoms with E-state index >= 15 is 0 Å². The molecular formula is C8H18O8. The van der Waals surface area contributed by atoms with Crippen LogP contribution in [0.3, 0.4) is 0 Å². The van der Waals surface area contributed by atoms with Gasteiger partial charge in [-0.3, -0.25) is 0 Å². The molecule has 0 aliphatic carbocycles. The van der Waals surface area contributed by atoms with Gasteiger partial charge >= 0.3 is 0 Å². The van der Waals surface area contributed by atoms with Gasteiger partial charge in [0.2, 0.25) is 0 Å². The monoisotopic (exact) mass is 242 g/mol. The molecule has 0 aliphatic heterocycles. The van der Waals surface area contributed by atoms with Crippen LogP contribution in [0.25, 0.3) is 0 Å². The van der Waals surface area contributed by atoms with E-state index in [0.717, 1.165) is 0 Å². The fourth-order valence-electron chi connectivity index (χ4n) is 0.585. The van der Waals surface area contributed by atoms with Gasteiger partial charge in [-0.2, -0.15) is 0 Å². The largest absolute Gasteiger partial charge is 0.371 e. The van der Waals surface area contributed by atoms with Crippen molar-refractivity contribution in [3.05, 3.63) is 0 Å². The molecule has 1 N–H and O–H groups in total. The lowest BCUT2D eigenvalue weighted by Crippen LogP contribution is -2.10. The van der Waals surface area contributed by atoms with Gasteiger partial charge < -0.3 is 38.3 Å². The second-order valence-electron chi connectivity index (χ2n) is 2.35. The van der Waals surface area contributed by atoms with Crippen molar-refractivity contribution < 1.29 is 38.3 Å². The summed E-state index contributed by atoms with van der Waals surface area (Å²) in [4.78, 5) is 0. The molecule has 0 rings (SSSR count). The van der Waals surface area contributed by atoms with Crippen LogP contribution in [0.2, 0.25) is 0 Å². The molecule has 0 aliphatic rings. The third-order valence-corrected chi connectivity index (χ3v) is 1.13. The lowest BCUT2D eigenvalue weighted by atomic mass is 11.2. The predicted octanol–water partition coefficient (Wildman–Crippen LogP) is -0.573. The average Bonchev–Trinajstić information content (AvgIpc) is 2.31. The zero-order valence-electron chi connectivity index (χ0n) is 9.25. The van der Waals surface area contributed by atoms with Crippen molar-refractivity contribution >= 4 is 0 Å². The Morgan fingerprint density at radius 2 is 1.00 bits per heavy atom. The Hall–Kier alpha value is -0.320. The number of aliphatic hydroxyl groups excluding tert-OH is 1. The van der Waals surface area contributed by atoms with Crippen molar-refractivity contribution in [2.24, 2.45) is 0 Å². The third-order valence-electron chi connectivity index (χ3n) is 1.13. The summed E-state index contributed by atoms with van der Waals surface area (Å²) in [5.74, 6) is 0. The first-order chi connectivity index (χ1) is 7.91. The normalized spacial score (nSPS) is 10.9. The summed E-state index contributed by atoms with van der Waals surface area (Å²) in [7, 11) is 1.52. The van der Waals surface area contributed by atoms with Crippen molar-refractivity contribution in [3.8, 4) is 0 Å².